The number of nitrogens with two attached hydrogens (primary N) is 1. The molecule has 0 atom stereocenters. The number of benzene rings is 1. The summed E-state index contributed by atoms with van der Waals surface area (Å²) in [5.74, 6) is 0. The molecular formula is C11H12N2. The Bertz CT molecular complexity index is 435. The van der Waals surface area contributed by atoms with E-state index in [-0.39, 0.29) is 0 Å². The van der Waals surface area contributed by atoms with Gasteiger partial charge in [0.15, 0.2) is 0 Å². The molecule has 2 N–H and O–H groups in total. The summed E-state index contributed by atoms with van der Waals surface area (Å²) < 4.78 is 0. The van der Waals surface area contributed by atoms with Crippen LogP contribution in [0.15, 0.2) is 30.5 Å². The van der Waals surface area contributed by atoms with Crippen LogP contribution in [0.2, 0.25) is 0 Å². The third-order valence-electron chi connectivity index (χ3n) is 2.27. The largest absolute Gasteiger partial charge is 0.397 e. The first-order valence-corrected chi connectivity index (χ1v) is 4.45. The molecule has 0 aliphatic rings. The summed E-state index contributed by atoms with van der Waals surface area (Å²) in [4.78, 5) is 4.26. The van der Waals surface area contributed by atoms with Crippen LogP contribution in [-0.2, 0) is 6.42 Å². The van der Waals surface area contributed by atoms with Crippen LogP contribution in [0.5, 0.6) is 0 Å². The van der Waals surface area contributed by atoms with Gasteiger partial charge in [-0.05, 0) is 24.1 Å². The van der Waals surface area contributed by atoms with Gasteiger partial charge in [0.2, 0.25) is 0 Å². The number of nitrogen functional groups attached to an aromatic ring is 1. The fourth-order valence-electron chi connectivity index (χ4n) is 1.56. The summed E-state index contributed by atoms with van der Waals surface area (Å²) in [7, 11) is 0. The molecule has 2 aromatic rings. The molecule has 0 amide bonds. The summed E-state index contributed by atoms with van der Waals surface area (Å²) in [6.07, 6.45) is 2.79. The molecule has 1 aromatic heterocycles. The number of hydrogen-bond donors (Lipinski definition) is 1. The standard InChI is InChI=1S/C11H12N2/c1-2-8-5-6-10(12)11-9(8)4-3-7-13-11/h3-7H,2,12H2,1H3. The number of hydrogen-bond acceptors (Lipinski definition) is 2. The number of rotatable bonds is 1. The van der Waals surface area contributed by atoms with Gasteiger partial charge in [-0.3, -0.25) is 4.98 Å². The predicted octanol–water partition coefficient (Wildman–Crippen LogP) is 2.38. The highest BCUT2D eigenvalue weighted by atomic mass is 14.7. The minimum Gasteiger partial charge on any atom is -0.397 e. The number of aromatic nitrogens is 1. The van der Waals surface area contributed by atoms with E-state index >= 15 is 0 Å². The minimum atomic E-state index is 0.757. The van der Waals surface area contributed by atoms with Crippen molar-refractivity contribution in [2.45, 2.75) is 13.3 Å². The first-order valence-electron chi connectivity index (χ1n) is 4.45. The topological polar surface area (TPSA) is 38.9 Å². The molecule has 66 valence electrons. The van der Waals surface area contributed by atoms with E-state index in [4.69, 9.17) is 5.73 Å². The first kappa shape index (κ1) is 8.05. The van der Waals surface area contributed by atoms with Crippen LogP contribution < -0.4 is 5.73 Å². The van der Waals surface area contributed by atoms with Crippen molar-refractivity contribution >= 4 is 16.6 Å². The van der Waals surface area contributed by atoms with Gasteiger partial charge < -0.3 is 5.73 Å². The Morgan fingerprint density at radius 1 is 1.31 bits per heavy atom. The van der Waals surface area contributed by atoms with Gasteiger partial charge in [0.25, 0.3) is 0 Å². The SMILES string of the molecule is CCc1ccc(N)c2ncccc12. The van der Waals surface area contributed by atoms with E-state index in [1.807, 2.05) is 12.1 Å². The van der Waals surface area contributed by atoms with E-state index in [0.717, 1.165) is 17.6 Å². The van der Waals surface area contributed by atoms with Gasteiger partial charge in [0, 0.05) is 11.6 Å². The lowest BCUT2D eigenvalue weighted by molar-refractivity contribution is 1.16. The molecule has 0 radical (unpaired) electrons. The van der Waals surface area contributed by atoms with Crippen molar-refractivity contribution in [3.8, 4) is 0 Å². The number of aryl methyl sites for hydroxylation is 1. The van der Waals surface area contributed by atoms with E-state index in [2.05, 4.69) is 24.0 Å². The van der Waals surface area contributed by atoms with Crippen LogP contribution >= 0.6 is 0 Å². The molecule has 1 aromatic carbocycles. The van der Waals surface area contributed by atoms with E-state index in [1.165, 1.54) is 10.9 Å². The normalized spacial score (nSPS) is 10.5. The van der Waals surface area contributed by atoms with Crippen molar-refractivity contribution < 1.29 is 0 Å². The van der Waals surface area contributed by atoms with Gasteiger partial charge in [-0.25, -0.2) is 0 Å². The summed E-state index contributed by atoms with van der Waals surface area (Å²) >= 11 is 0. The lowest BCUT2D eigenvalue weighted by Crippen LogP contribution is -1.92. The zero-order valence-corrected chi connectivity index (χ0v) is 7.62. The molecule has 0 unspecified atom stereocenters. The van der Waals surface area contributed by atoms with E-state index in [0.29, 0.717) is 0 Å². The van der Waals surface area contributed by atoms with Gasteiger partial charge in [-0.15, -0.1) is 0 Å². The number of pyridine rings is 1. The fourth-order valence-corrected chi connectivity index (χ4v) is 1.56. The minimum absolute atomic E-state index is 0.757. The predicted molar refractivity (Wildman–Crippen MR) is 55.5 cm³/mol. The summed E-state index contributed by atoms with van der Waals surface area (Å²) in [5, 5.41) is 1.17. The van der Waals surface area contributed by atoms with E-state index < -0.39 is 0 Å². The second-order valence-electron chi connectivity index (χ2n) is 3.07. The smallest absolute Gasteiger partial charge is 0.0933 e. The second kappa shape index (κ2) is 3.05. The molecule has 2 rings (SSSR count). The van der Waals surface area contributed by atoms with E-state index in [9.17, 15) is 0 Å². The van der Waals surface area contributed by atoms with Gasteiger partial charge >= 0.3 is 0 Å². The van der Waals surface area contributed by atoms with Crippen LogP contribution in [-0.4, -0.2) is 4.98 Å². The van der Waals surface area contributed by atoms with Gasteiger partial charge in [-0.1, -0.05) is 19.1 Å². The lowest BCUT2D eigenvalue weighted by Gasteiger charge is -2.05. The molecule has 0 spiro atoms. The third-order valence-corrected chi connectivity index (χ3v) is 2.27. The van der Waals surface area contributed by atoms with Crippen molar-refractivity contribution in [2.24, 2.45) is 0 Å². The van der Waals surface area contributed by atoms with Crippen LogP contribution in [0.25, 0.3) is 10.9 Å². The van der Waals surface area contributed by atoms with Gasteiger partial charge in [-0.2, -0.15) is 0 Å². The van der Waals surface area contributed by atoms with Crippen LogP contribution in [0, 0.1) is 0 Å². The van der Waals surface area contributed by atoms with E-state index in [1.54, 1.807) is 6.20 Å². The maximum Gasteiger partial charge on any atom is 0.0933 e. The molecule has 0 fully saturated rings. The Kier molecular flexibility index (Phi) is 1.89. The number of fused-ring (bicyclic) bond motifs is 1. The Labute approximate surface area is 77.4 Å². The van der Waals surface area contributed by atoms with Crippen molar-refractivity contribution in [2.75, 3.05) is 5.73 Å². The Morgan fingerprint density at radius 3 is 2.92 bits per heavy atom. The maximum atomic E-state index is 5.82. The van der Waals surface area contributed by atoms with Crippen molar-refractivity contribution in [3.63, 3.8) is 0 Å². The molecule has 0 bridgehead atoms. The molecule has 2 heteroatoms. The molecule has 0 aliphatic heterocycles. The first-order chi connectivity index (χ1) is 6.33. The molecule has 0 aliphatic carbocycles. The number of anilines is 1. The average Bonchev–Trinajstić information content (AvgIpc) is 2.19. The monoisotopic (exact) mass is 172 g/mol. The highest BCUT2D eigenvalue weighted by molar-refractivity contribution is 5.91. The zero-order chi connectivity index (χ0) is 9.26. The van der Waals surface area contributed by atoms with Crippen LogP contribution in [0.1, 0.15) is 12.5 Å². The molecule has 13 heavy (non-hydrogen) atoms. The third kappa shape index (κ3) is 1.24. The lowest BCUT2D eigenvalue weighted by atomic mass is 10.1. The van der Waals surface area contributed by atoms with Gasteiger partial charge in [0.05, 0.1) is 11.2 Å². The fraction of sp³-hybridized carbons (Fsp3) is 0.182. The van der Waals surface area contributed by atoms with Crippen molar-refractivity contribution in [1.29, 1.82) is 0 Å². The molecule has 0 saturated carbocycles. The zero-order valence-electron chi connectivity index (χ0n) is 7.62. The average molecular weight is 172 g/mol. The Hall–Kier alpha value is -1.57. The van der Waals surface area contributed by atoms with Crippen LogP contribution in [0.3, 0.4) is 0 Å². The highest BCUT2D eigenvalue weighted by Gasteiger charge is 2.01. The quantitative estimate of drug-likeness (QED) is 0.671. The summed E-state index contributed by atoms with van der Waals surface area (Å²) in [6, 6.07) is 8.01. The number of nitrogens with zero attached hydrogens (tertiary/aromatic N) is 1. The Morgan fingerprint density at radius 2 is 2.15 bits per heavy atom. The second-order valence-corrected chi connectivity index (χ2v) is 3.07. The summed E-state index contributed by atoms with van der Waals surface area (Å²) in [6.45, 7) is 2.14. The van der Waals surface area contributed by atoms with Gasteiger partial charge in [0.1, 0.15) is 0 Å². The van der Waals surface area contributed by atoms with Crippen molar-refractivity contribution in [3.05, 3.63) is 36.0 Å². The summed E-state index contributed by atoms with van der Waals surface area (Å²) in [5.41, 5.74) is 8.80. The molecule has 0 saturated heterocycles. The maximum absolute atomic E-state index is 5.82. The molecular weight excluding hydrogens is 160 g/mol. The van der Waals surface area contributed by atoms with Crippen LogP contribution in [0.4, 0.5) is 5.69 Å². The molecule has 1 heterocycles. The van der Waals surface area contributed by atoms with Crippen molar-refractivity contribution in [1.82, 2.24) is 4.98 Å². The Balaban J connectivity index is 2.84. The molecule has 2 nitrogen and oxygen atoms in total. The highest BCUT2D eigenvalue weighted by Crippen LogP contribution is 2.22.